The summed E-state index contributed by atoms with van der Waals surface area (Å²) in [5.41, 5.74) is 0. The summed E-state index contributed by atoms with van der Waals surface area (Å²) in [6.45, 7) is 8.04. The molecule has 14 heteroatoms. The van der Waals surface area contributed by atoms with E-state index in [9.17, 15) is 0 Å². The highest BCUT2D eigenvalue weighted by Gasteiger charge is 2.69. The van der Waals surface area contributed by atoms with Crippen LogP contribution in [0.15, 0.2) is 0 Å². The van der Waals surface area contributed by atoms with Gasteiger partial charge in [0.2, 0.25) is 0 Å². The third-order valence-corrected chi connectivity index (χ3v) is 9.62. The molecule has 0 aromatic carbocycles. The monoisotopic (exact) mass is 522 g/mol. The maximum Gasteiger partial charge on any atom is 0.349 e. The zero-order valence-electron chi connectivity index (χ0n) is 18.9. The Morgan fingerprint density at radius 2 is 0.941 bits per heavy atom. The molecule has 8 heterocycles. The van der Waals surface area contributed by atoms with Crippen LogP contribution in [0.3, 0.4) is 0 Å². The van der Waals surface area contributed by atoms with Crippen LogP contribution in [0.25, 0.3) is 0 Å². The average molecular weight is 523 g/mol. The highest BCUT2D eigenvalue weighted by Crippen LogP contribution is 2.59. The summed E-state index contributed by atoms with van der Waals surface area (Å²) in [6, 6.07) is 0. The SMILES string of the molecule is CC1(C)O[C@H]2O[C@H]3[C@@H](O[C@@]4(SS[C@@]56OC[C@@H](O5)[C@H]5O[C@H]7OC(C)(C)O[C@@H]7[C@@H]5O6)OC[C@@H]3O4)[C@H]2O1. The van der Waals surface area contributed by atoms with E-state index in [1.54, 1.807) is 0 Å². The Hall–Kier alpha value is 0.220. The Bertz CT molecular complexity index is 822. The van der Waals surface area contributed by atoms with E-state index in [1.165, 1.54) is 21.6 Å². The molecule has 0 saturated carbocycles. The quantitative estimate of drug-likeness (QED) is 0.491. The van der Waals surface area contributed by atoms with Crippen LogP contribution in [0, 0.1) is 0 Å². The maximum atomic E-state index is 6.31. The number of fused-ring (bicyclic) bond motifs is 12. The van der Waals surface area contributed by atoms with Gasteiger partial charge in [-0.25, -0.2) is 0 Å². The van der Waals surface area contributed by atoms with Crippen LogP contribution >= 0.6 is 21.6 Å². The molecule has 0 aliphatic carbocycles. The normalized spacial score (nSPS) is 59.6. The first-order valence-corrected chi connectivity index (χ1v) is 13.7. The molecule has 0 spiro atoms. The van der Waals surface area contributed by atoms with Gasteiger partial charge in [0.25, 0.3) is 0 Å². The van der Waals surface area contributed by atoms with Crippen molar-refractivity contribution in [3.8, 4) is 0 Å². The first-order chi connectivity index (χ1) is 16.1. The summed E-state index contributed by atoms with van der Waals surface area (Å²) >= 11 is 0. The molecule has 0 aromatic heterocycles. The zero-order valence-corrected chi connectivity index (χ0v) is 20.5. The number of ether oxygens (including phenoxy) is 12. The summed E-state index contributed by atoms with van der Waals surface area (Å²) in [6.07, 6.45) is -3.85. The molecule has 0 N–H and O–H groups in total. The number of rotatable bonds is 3. The fourth-order valence-electron chi connectivity index (χ4n) is 5.76. The van der Waals surface area contributed by atoms with E-state index in [2.05, 4.69) is 0 Å². The van der Waals surface area contributed by atoms with Gasteiger partial charge in [-0.1, -0.05) is 0 Å². The molecule has 4 bridgehead atoms. The maximum absolute atomic E-state index is 6.31. The van der Waals surface area contributed by atoms with Crippen LogP contribution < -0.4 is 0 Å². The van der Waals surface area contributed by atoms with Crippen molar-refractivity contribution in [2.24, 2.45) is 0 Å². The lowest BCUT2D eigenvalue weighted by molar-refractivity contribution is -0.345. The summed E-state index contributed by atoms with van der Waals surface area (Å²) in [5.74, 6) is -1.49. The Labute approximate surface area is 203 Å². The minimum Gasteiger partial charge on any atom is -0.341 e. The molecule has 0 amide bonds. The highest BCUT2D eigenvalue weighted by molar-refractivity contribution is 8.77. The molecule has 8 aliphatic heterocycles. The van der Waals surface area contributed by atoms with E-state index in [4.69, 9.17) is 56.8 Å². The number of hydrogen-bond donors (Lipinski definition) is 0. The summed E-state index contributed by atoms with van der Waals surface area (Å²) < 4.78 is 72.7. The number of hydrogen-bond acceptors (Lipinski definition) is 14. The van der Waals surface area contributed by atoms with Gasteiger partial charge in [0.15, 0.2) is 24.2 Å². The Balaban J connectivity index is 0.987. The molecule has 12 atom stereocenters. The smallest absolute Gasteiger partial charge is 0.341 e. The van der Waals surface area contributed by atoms with E-state index in [0.29, 0.717) is 13.2 Å². The van der Waals surface area contributed by atoms with Gasteiger partial charge in [0.1, 0.15) is 48.8 Å². The van der Waals surface area contributed by atoms with Crippen LogP contribution in [-0.4, -0.2) is 96.8 Å². The molecule has 12 nitrogen and oxygen atoms in total. The van der Waals surface area contributed by atoms with E-state index in [0.717, 1.165) is 0 Å². The minimum absolute atomic E-state index is 0.310. The third kappa shape index (κ3) is 3.19. The summed E-state index contributed by atoms with van der Waals surface area (Å²) in [4.78, 5) is 0. The van der Waals surface area contributed by atoms with Crippen molar-refractivity contribution in [1.29, 1.82) is 0 Å². The molecule has 8 aliphatic rings. The third-order valence-electron chi connectivity index (χ3n) is 7.03. The van der Waals surface area contributed by atoms with Crippen molar-refractivity contribution in [2.45, 2.75) is 111 Å². The van der Waals surface area contributed by atoms with Crippen LogP contribution in [0.1, 0.15) is 27.7 Å². The lowest BCUT2D eigenvalue weighted by Gasteiger charge is -2.40. The fourth-order valence-corrected chi connectivity index (χ4v) is 8.20. The van der Waals surface area contributed by atoms with Gasteiger partial charge in [-0.05, 0) is 27.7 Å². The topological polar surface area (TPSA) is 111 Å². The fraction of sp³-hybridized carbons (Fsp3) is 1.00. The van der Waals surface area contributed by atoms with Gasteiger partial charge in [-0.2, -0.15) is 0 Å². The van der Waals surface area contributed by atoms with Gasteiger partial charge < -0.3 is 56.8 Å². The second-order valence-corrected chi connectivity index (χ2v) is 12.7. The first-order valence-electron chi connectivity index (χ1n) is 11.5. The van der Waals surface area contributed by atoms with Crippen LogP contribution in [-0.2, 0) is 56.8 Å². The predicted octanol–water partition coefficient (Wildman–Crippen LogP) is 0.972. The van der Waals surface area contributed by atoms with Crippen LogP contribution in [0.2, 0.25) is 0 Å². The van der Waals surface area contributed by atoms with Crippen molar-refractivity contribution >= 4 is 21.6 Å². The molecule has 8 rings (SSSR count). The molecule has 34 heavy (non-hydrogen) atoms. The Kier molecular flexibility index (Phi) is 4.57. The Morgan fingerprint density at radius 3 is 1.38 bits per heavy atom. The molecule has 0 aromatic rings. The second kappa shape index (κ2) is 6.99. The minimum atomic E-state index is -1.38. The van der Waals surface area contributed by atoms with Gasteiger partial charge >= 0.3 is 10.6 Å². The average Bonchev–Trinajstić information content (AvgIpc) is 3.55. The lowest BCUT2D eigenvalue weighted by atomic mass is 10.1. The van der Waals surface area contributed by atoms with Crippen molar-refractivity contribution in [2.75, 3.05) is 13.2 Å². The van der Waals surface area contributed by atoms with Crippen LogP contribution in [0.4, 0.5) is 0 Å². The molecular formula is C20H26O12S2. The molecular weight excluding hydrogens is 496 g/mol. The predicted molar refractivity (Wildman–Crippen MR) is 109 cm³/mol. The summed E-state index contributed by atoms with van der Waals surface area (Å²) in [5, 5.41) is -2.76. The van der Waals surface area contributed by atoms with E-state index in [1.807, 2.05) is 27.7 Å². The van der Waals surface area contributed by atoms with Crippen LogP contribution in [0.5, 0.6) is 0 Å². The van der Waals surface area contributed by atoms with E-state index in [-0.39, 0.29) is 36.6 Å². The van der Waals surface area contributed by atoms with E-state index < -0.39 is 47.0 Å². The van der Waals surface area contributed by atoms with Crippen molar-refractivity contribution in [1.82, 2.24) is 0 Å². The van der Waals surface area contributed by atoms with Gasteiger partial charge in [-0.15, -0.1) is 0 Å². The van der Waals surface area contributed by atoms with Crippen molar-refractivity contribution in [3.05, 3.63) is 0 Å². The molecule has 8 saturated heterocycles. The molecule has 0 radical (unpaired) electrons. The molecule has 8 fully saturated rings. The molecule has 0 unspecified atom stereocenters. The largest absolute Gasteiger partial charge is 0.349 e. The first kappa shape index (κ1) is 22.2. The van der Waals surface area contributed by atoms with E-state index >= 15 is 0 Å². The van der Waals surface area contributed by atoms with Crippen molar-refractivity contribution in [3.63, 3.8) is 0 Å². The second-order valence-electron chi connectivity index (χ2n) is 10.4. The molecule has 190 valence electrons. The summed E-state index contributed by atoms with van der Waals surface area (Å²) in [7, 11) is 2.39. The lowest BCUT2D eigenvalue weighted by Crippen LogP contribution is -2.53. The Morgan fingerprint density at radius 1 is 0.500 bits per heavy atom. The van der Waals surface area contributed by atoms with Gasteiger partial charge in [0, 0.05) is 21.6 Å². The highest BCUT2D eigenvalue weighted by atomic mass is 33.1. The van der Waals surface area contributed by atoms with Gasteiger partial charge in [-0.3, -0.25) is 0 Å². The standard InChI is InChI=1S/C20H26O12S2/c1-17(2)27-13-11-9(23-15(13)31-17)7-5-21-19(25-7,29-11)33-34-20-22-6-8(26-20)10-12(30-20)14-16(24-10)32-18(3,4)28-14/h7-16H,5-6H2,1-4H3/t7-,8+,9-,10-,11-,12-,13-,14-,15+,16-,19+,20-/m1/s1. The zero-order chi connectivity index (χ0) is 23.1. The van der Waals surface area contributed by atoms with Crippen molar-refractivity contribution < 1.29 is 56.8 Å². The van der Waals surface area contributed by atoms with Gasteiger partial charge in [0.05, 0.1) is 13.2 Å².